The quantitative estimate of drug-likeness (QED) is 0.591. The molecule has 24 heavy (non-hydrogen) atoms. The fourth-order valence-corrected chi connectivity index (χ4v) is 2.35. The average molecular weight is 360 g/mol. The highest BCUT2D eigenvalue weighted by molar-refractivity contribution is 6.43. The van der Waals surface area contributed by atoms with Gasteiger partial charge in [0.2, 0.25) is 0 Å². The van der Waals surface area contributed by atoms with Crippen molar-refractivity contribution in [1.29, 1.82) is 5.26 Å². The van der Waals surface area contributed by atoms with Crippen molar-refractivity contribution in [3.8, 4) is 6.07 Å². The van der Waals surface area contributed by atoms with Crippen molar-refractivity contribution >= 4 is 40.5 Å². The number of nitrogens with zero attached hydrogens (tertiary/aromatic N) is 1. The largest absolute Gasteiger partial charge is 0.359 e. The highest BCUT2D eigenvalue weighted by atomic mass is 35.5. The summed E-state index contributed by atoms with van der Waals surface area (Å²) in [7, 11) is 0. The summed E-state index contributed by atoms with van der Waals surface area (Å²) < 4.78 is 0. The Labute approximate surface area is 150 Å². The Morgan fingerprint density at radius 3 is 2.50 bits per heavy atom. The molecule has 0 aromatic heterocycles. The Hall–Kier alpha value is -2.48. The van der Waals surface area contributed by atoms with Gasteiger partial charge in [0.1, 0.15) is 11.6 Å². The standard InChI is InChI=1S/C18H15Cl2N3O/c1-11-5-3-7-15(12(11)2)23-18(24)13(9-21)10-22-16-8-4-6-14(19)17(16)20/h3-8,10,22H,1-2H3,(H,23,24)/b13-10-. The number of rotatable bonds is 4. The maximum Gasteiger partial charge on any atom is 0.267 e. The molecule has 0 spiro atoms. The molecule has 0 unspecified atom stereocenters. The molecule has 6 heteroatoms. The predicted molar refractivity (Wildman–Crippen MR) is 98.3 cm³/mol. The summed E-state index contributed by atoms with van der Waals surface area (Å²) in [6.45, 7) is 3.86. The van der Waals surface area contributed by atoms with E-state index in [-0.39, 0.29) is 5.57 Å². The molecule has 0 atom stereocenters. The van der Waals surface area contributed by atoms with Gasteiger partial charge in [0, 0.05) is 11.9 Å². The summed E-state index contributed by atoms with van der Waals surface area (Å²) in [5, 5.41) is 15.5. The van der Waals surface area contributed by atoms with E-state index >= 15 is 0 Å². The van der Waals surface area contributed by atoms with Crippen molar-refractivity contribution < 1.29 is 4.79 Å². The third kappa shape index (κ3) is 4.08. The summed E-state index contributed by atoms with van der Waals surface area (Å²) in [5.41, 5.74) is 3.11. The molecule has 1 amide bonds. The molecule has 0 radical (unpaired) electrons. The first kappa shape index (κ1) is 17.9. The summed E-state index contributed by atoms with van der Waals surface area (Å²) in [6.07, 6.45) is 1.30. The van der Waals surface area contributed by atoms with Gasteiger partial charge in [0.15, 0.2) is 0 Å². The molecule has 0 saturated heterocycles. The van der Waals surface area contributed by atoms with Gasteiger partial charge in [-0.15, -0.1) is 0 Å². The van der Waals surface area contributed by atoms with E-state index in [1.165, 1.54) is 6.20 Å². The van der Waals surface area contributed by atoms with Crippen LogP contribution in [0.25, 0.3) is 0 Å². The van der Waals surface area contributed by atoms with Gasteiger partial charge in [-0.25, -0.2) is 0 Å². The minimum atomic E-state index is -0.503. The molecule has 2 rings (SSSR count). The molecule has 4 nitrogen and oxygen atoms in total. The smallest absolute Gasteiger partial charge is 0.267 e. The van der Waals surface area contributed by atoms with Crippen LogP contribution < -0.4 is 10.6 Å². The van der Waals surface area contributed by atoms with Crippen LogP contribution in [0.3, 0.4) is 0 Å². The predicted octanol–water partition coefficient (Wildman–Crippen LogP) is 5.07. The number of anilines is 2. The number of nitriles is 1. The van der Waals surface area contributed by atoms with Crippen LogP contribution in [0.5, 0.6) is 0 Å². The fraction of sp³-hybridized carbons (Fsp3) is 0.111. The van der Waals surface area contributed by atoms with Crippen molar-refractivity contribution in [2.45, 2.75) is 13.8 Å². The number of hydrogen-bond acceptors (Lipinski definition) is 3. The molecule has 0 bridgehead atoms. The van der Waals surface area contributed by atoms with Crippen LogP contribution in [0, 0.1) is 25.2 Å². The van der Waals surface area contributed by atoms with Gasteiger partial charge in [0.05, 0.1) is 15.7 Å². The van der Waals surface area contributed by atoms with E-state index in [0.29, 0.717) is 21.4 Å². The van der Waals surface area contributed by atoms with Crippen LogP contribution in [0.1, 0.15) is 11.1 Å². The minimum Gasteiger partial charge on any atom is -0.359 e. The van der Waals surface area contributed by atoms with Gasteiger partial charge >= 0.3 is 0 Å². The van der Waals surface area contributed by atoms with Crippen molar-refractivity contribution in [2.75, 3.05) is 10.6 Å². The molecule has 0 saturated carbocycles. The first-order valence-electron chi connectivity index (χ1n) is 7.12. The molecule has 0 aliphatic heterocycles. The second kappa shape index (κ2) is 7.87. The Kier molecular flexibility index (Phi) is 5.86. The van der Waals surface area contributed by atoms with Gasteiger partial charge in [-0.1, -0.05) is 41.4 Å². The topological polar surface area (TPSA) is 64.9 Å². The fourth-order valence-electron chi connectivity index (χ4n) is 1.99. The Balaban J connectivity index is 2.18. The van der Waals surface area contributed by atoms with Crippen LogP contribution in [-0.4, -0.2) is 5.91 Å². The highest BCUT2D eigenvalue weighted by Crippen LogP contribution is 2.29. The average Bonchev–Trinajstić information content (AvgIpc) is 2.56. The van der Waals surface area contributed by atoms with Crippen molar-refractivity contribution in [3.05, 3.63) is 69.3 Å². The number of aryl methyl sites for hydroxylation is 1. The van der Waals surface area contributed by atoms with E-state index in [9.17, 15) is 10.1 Å². The van der Waals surface area contributed by atoms with Gasteiger partial charge in [-0.05, 0) is 43.2 Å². The minimum absolute atomic E-state index is 0.0769. The molecule has 0 heterocycles. The maximum atomic E-state index is 12.3. The molecule has 2 aromatic rings. The molecule has 0 aliphatic carbocycles. The van der Waals surface area contributed by atoms with Crippen molar-refractivity contribution in [3.63, 3.8) is 0 Å². The summed E-state index contributed by atoms with van der Waals surface area (Å²) in [4.78, 5) is 12.3. The lowest BCUT2D eigenvalue weighted by Crippen LogP contribution is -2.15. The lowest BCUT2D eigenvalue weighted by Gasteiger charge is -2.10. The number of amides is 1. The van der Waals surface area contributed by atoms with Gasteiger partial charge in [0.25, 0.3) is 5.91 Å². The number of halogens is 2. The molecule has 0 aliphatic rings. The highest BCUT2D eigenvalue weighted by Gasteiger charge is 2.12. The third-order valence-electron chi connectivity index (χ3n) is 3.54. The van der Waals surface area contributed by atoms with E-state index in [2.05, 4.69) is 10.6 Å². The zero-order chi connectivity index (χ0) is 17.7. The maximum absolute atomic E-state index is 12.3. The SMILES string of the molecule is Cc1cccc(NC(=O)/C(C#N)=C\Nc2cccc(Cl)c2Cl)c1C. The molecule has 0 fully saturated rings. The zero-order valence-corrected chi connectivity index (χ0v) is 14.7. The molecule has 2 N–H and O–H groups in total. The first-order chi connectivity index (χ1) is 11.4. The Morgan fingerprint density at radius 1 is 1.12 bits per heavy atom. The molecule has 2 aromatic carbocycles. The van der Waals surface area contributed by atoms with Gasteiger partial charge in [-0.2, -0.15) is 5.26 Å². The van der Waals surface area contributed by atoms with E-state index in [1.807, 2.05) is 32.0 Å². The molecular weight excluding hydrogens is 345 g/mol. The summed E-state index contributed by atoms with van der Waals surface area (Å²) >= 11 is 12.0. The lowest BCUT2D eigenvalue weighted by atomic mass is 10.1. The van der Waals surface area contributed by atoms with Crippen LogP contribution >= 0.6 is 23.2 Å². The monoisotopic (exact) mass is 359 g/mol. The van der Waals surface area contributed by atoms with Crippen LogP contribution in [0.4, 0.5) is 11.4 Å². The van der Waals surface area contributed by atoms with Gasteiger partial charge in [-0.3, -0.25) is 4.79 Å². The van der Waals surface area contributed by atoms with Gasteiger partial charge < -0.3 is 10.6 Å². The molecular formula is C18H15Cl2N3O. The summed E-state index contributed by atoms with van der Waals surface area (Å²) in [5.74, 6) is -0.503. The van der Waals surface area contributed by atoms with Crippen LogP contribution in [0.15, 0.2) is 48.2 Å². The van der Waals surface area contributed by atoms with E-state index in [1.54, 1.807) is 24.3 Å². The second-order valence-electron chi connectivity index (χ2n) is 5.12. The number of nitrogens with one attached hydrogen (secondary N) is 2. The second-order valence-corrected chi connectivity index (χ2v) is 5.90. The Bertz CT molecular complexity index is 854. The third-order valence-corrected chi connectivity index (χ3v) is 4.36. The van der Waals surface area contributed by atoms with Crippen molar-refractivity contribution in [1.82, 2.24) is 0 Å². The molecule has 122 valence electrons. The van der Waals surface area contributed by atoms with Crippen LogP contribution in [-0.2, 0) is 4.79 Å². The Morgan fingerprint density at radius 2 is 1.79 bits per heavy atom. The number of hydrogen-bond donors (Lipinski definition) is 2. The number of carbonyl (C=O) groups is 1. The lowest BCUT2D eigenvalue weighted by molar-refractivity contribution is -0.112. The van der Waals surface area contributed by atoms with Crippen LogP contribution in [0.2, 0.25) is 10.0 Å². The van der Waals surface area contributed by atoms with E-state index in [4.69, 9.17) is 23.2 Å². The zero-order valence-electron chi connectivity index (χ0n) is 13.2. The van der Waals surface area contributed by atoms with E-state index < -0.39 is 5.91 Å². The summed E-state index contributed by atoms with van der Waals surface area (Å²) in [6, 6.07) is 12.5. The normalized spacial score (nSPS) is 10.9. The number of carbonyl (C=O) groups excluding carboxylic acids is 1. The number of benzene rings is 2. The first-order valence-corrected chi connectivity index (χ1v) is 7.88. The van der Waals surface area contributed by atoms with E-state index in [0.717, 1.165) is 11.1 Å². The van der Waals surface area contributed by atoms with Crippen molar-refractivity contribution in [2.24, 2.45) is 0 Å².